The van der Waals surface area contributed by atoms with Gasteiger partial charge in [-0.05, 0) is 42.3 Å². The highest BCUT2D eigenvalue weighted by Gasteiger charge is 2.18. The van der Waals surface area contributed by atoms with Crippen LogP contribution in [-0.2, 0) is 12.9 Å². The van der Waals surface area contributed by atoms with Crippen LogP contribution in [0.25, 0.3) is 10.2 Å². The van der Waals surface area contributed by atoms with E-state index in [0.717, 1.165) is 15.8 Å². The van der Waals surface area contributed by atoms with E-state index in [1.54, 1.807) is 12.1 Å². The van der Waals surface area contributed by atoms with Crippen molar-refractivity contribution >= 4 is 32.6 Å². The Bertz CT molecular complexity index is 905. The Morgan fingerprint density at radius 1 is 1.27 bits per heavy atom. The molecule has 1 aromatic heterocycles. The second kappa shape index (κ2) is 5.51. The standard InChI is InChI=1S/C17H15N3OS/c21-16(12-5-3-4-11-8-9-18-10-13(11)12)20-17-19-14-6-1-2-7-15(14)22-17/h1-7,18H,8-10H2,(H,19,20,21)/i10D2. The van der Waals surface area contributed by atoms with Crippen LogP contribution in [0.2, 0.25) is 0 Å². The summed E-state index contributed by atoms with van der Waals surface area (Å²) in [6.07, 6.45) is 0.705. The quantitative estimate of drug-likeness (QED) is 0.764. The summed E-state index contributed by atoms with van der Waals surface area (Å²) in [7, 11) is 0. The van der Waals surface area contributed by atoms with Crippen LogP contribution in [0.1, 0.15) is 24.2 Å². The first-order valence-corrected chi connectivity index (χ1v) is 7.90. The summed E-state index contributed by atoms with van der Waals surface area (Å²) in [6, 6.07) is 13.0. The lowest BCUT2D eigenvalue weighted by atomic mass is 9.95. The molecule has 0 unspecified atom stereocenters. The van der Waals surface area contributed by atoms with Crippen LogP contribution in [0, 0.1) is 0 Å². The van der Waals surface area contributed by atoms with E-state index in [9.17, 15) is 4.79 Å². The molecule has 0 atom stereocenters. The molecular formula is C17H15N3OS. The Labute approximate surface area is 135 Å². The maximum atomic E-state index is 12.7. The molecule has 0 fully saturated rings. The molecule has 0 bridgehead atoms. The van der Waals surface area contributed by atoms with Gasteiger partial charge in [0.05, 0.1) is 10.2 Å². The van der Waals surface area contributed by atoms with E-state index < -0.39 is 6.50 Å². The molecule has 4 nitrogen and oxygen atoms in total. The predicted octanol–water partition coefficient (Wildman–Crippen LogP) is 3.19. The molecule has 2 aromatic carbocycles. The van der Waals surface area contributed by atoms with Gasteiger partial charge in [0, 0.05) is 14.8 Å². The summed E-state index contributed by atoms with van der Waals surface area (Å²) in [6.45, 7) is -1.15. The number of aromatic nitrogens is 1. The van der Waals surface area contributed by atoms with Gasteiger partial charge in [-0.3, -0.25) is 10.1 Å². The van der Waals surface area contributed by atoms with Gasteiger partial charge in [0.25, 0.3) is 5.91 Å². The average Bonchev–Trinajstić information content (AvgIpc) is 2.96. The molecule has 3 aromatic rings. The van der Waals surface area contributed by atoms with Crippen molar-refractivity contribution in [2.45, 2.75) is 12.9 Å². The molecule has 22 heavy (non-hydrogen) atoms. The lowest BCUT2D eigenvalue weighted by Gasteiger charge is -2.19. The van der Waals surface area contributed by atoms with E-state index >= 15 is 0 Å². The third-order valence-electron chi connectivity index (χ3n) is 3.64. The number of nitrogens with one attached hydrogen (secondary N) is 2. The number of rotatable bonds is 2. The minimum absolute atomic E-state index is 0.335. The molecule has 0 radical (unpaired) electrons. The monoisotopic (exact) mass is 311 g/mol. The highest BCUT2D eigenvalue weighted by Crippen LogP contribution is 2.26. The zero-order valence-corrected chi connectivity index (χ0v) is 12.5. The number of thiazole rings is 1. The molecule has 0 saturated carbocycles. The molecule has 110 valence electrons. The molecule has 1 aliphatic heterocycles. The molecule has 0 spiro atoms. The van der Waals surface area contributed by atoms with E-state index in [1.165, 1.54) is 11.3 Å². The second-order valence-electron chi connectivity index (χ2n) is 5.08. The van der Waals surface area contributed by atoms with E-state index in [1.807, 2.05) is 30.3 Å². The molecule has 0 aliphatic carbocycles. The lowest BCUT2D eigenvalue weighted by molar-refractivity contribution is 0.102. The van der Waals surface area contributed by atoms with E-state index in [-0.39, 0.29) is 5.91 Å². The number of carbonyl (C=O) groups is 1. The van der Waals surface area contributed by atoms with Crippen LogP contribution >= 0.6 is 11.3 Å². The van der Waals surface area contributed by atoms with Crippen molar-refractivity contribution in [1.29, 1.82) is 0 Å². The van der Waals surface area contributed by atoms with Crippen LogP contribution < -0.4 is 10.6 Å². The minimum atomic E-state index is -1.71. The zero-order chi connectivity index (χ0) is 16.7. The van der Waals surface area contributed by atoms with Crippen molar-refractivity contribution in [2.24, 2.45) is 0 Å². The number of hydrogen-bond acceptors (Lipinski definition) is 4. The largest absolute Gasteiger partial charge is 0.312 e. The smallest absolute Gasteiger partial charge is 0.257 e. The molecule has 2 N–H and O–H groups in total. The summed E-state index contributed by atoms with van der Waals surface area (Å²) in [5.41, 5.74) is 2.49. The molecule has 5 heteroatoms. The first kappa shape index (κ1) is 11.3. The number of nitrogens with zero attached hydrogens (tertiary/aromatic N) is 1. The summed E-state index contributed by atoms with van der Waals surface area (Å²) < 4.78 is 17.3. The van der Waals surface area contributed by atoms with Crippen molar-refractivity contribution < 1.29 is 7.54 Å². The molecule has 4 rings (SSSR count). The van der Waals surface area contributed by atoms with Gasteiger partial charge in [0.15, 0.2) is 5.13 Å². The lowest BCUT2D eigenvalue weighted by Crippen LogP contribution is -2.27. The fourth-order valence-corrected chi connectivity index (χ4v) is 3.44. The van der Waals surface area contributed by atoms with Crippen molar-refractivity contribution in [3.8, 4) is 0 Å². The van der Waals surface area contributed by atoms with Gasteiger partial charge in [-0.1, -0.05) is 35.6 Å². The summed E-state index contributed by atoms with van der Waals surface area (Å²) >= 11 is 1.41. The molecular weight excluding hydrogens is 294 g/mol. The van der Waals surface area contributed by atoms with Crippen molar-refractivity contribution in [1.82, 2.24) is 10.3 Å². The van der Waals surface area contributed by atoms with Crippen LogP contribution in [-0.4, -0.2) is 17.4 Å². The van der Waals surface area contributed by atoms with Gasteiger partial charge < -0.3 is 5.32 Å². The first-order chi connectivity index (χ1) is 11.5. The van der Waals surface area contributed by atoms with Gasteiger partial charge in [0.1, 0.15) is 0 Å². The Balaban J connectivity index is 1.70. The third-order valence-corrected chi connectivity index (χ3v) is 4.59. The number of fused-ring (bicyclic) bond motifs is 2. The first-order valence-electron chi connectivity index (χ1n) is 8.09. The zero-order valence-electron chi connectivity index (χ0n) is 13.7. The van der Waals surface area contributed by atoms with Crippen LogP contribution in [0.3, 0.4) is 0 Å². The molecule has 1 aliphatic rings. The highest BCUT2D eigenvalue weighted by atomic mass is 32.1. The van der Waals surface area contributed by atoms with Crippen LogP contribution in [0.15, 0.2) is 42.5 Å². The van der Waals surface area contributed by atoms with Gasteiger partial charge in [-0.2, -0.15) is 0 Å². The number of benzene rings is 2. The number of hydrogen-bond donors (Lipinski definition) is 2. The summed E-state index contributed by atoms with van der Waals surface area (Å²) in [5, 5.41) is 6.16. The van der Waals surface area contributed by atoms with E-state index in [4.69, 9.17) is 2.74 Å². The highest BCUT2D eigenvalue weighted by molar-refractivity contribution is 7.22. The topological polar surface area (TPSA) is 54.0 Å². The van der Waals surface area contributed by atoms with Gasteiger partial charge in [0.2, 0.25) is 0 Å². The van der Waals surface area contributed by atoms with Crippen LogP contribution in [0.5, 0.6) is 0 Å². The number of anilines is 1. The van der Waals surface area contributed by atoms with E-state index in [0.29, 0.717) is 29.2 Å². The van der Waals surface area contributed by atoms with Gasteiger partial charge in [-0.15, -0.1) is 0 Å². The Morgan fingerprint density at radius 3 is 3.09 bits per heavy atom. The fourth-order valence-electron chi connectivity index (χ4n) is 2.58. The van der Waals surface area contributed by atoms with E-state index in [2.05, 4.69) is 15.6 Å². The number of amides is 1. The van der Waals surface area contributed by atoms with Crippen molar-refractivity contribution in [2.75, 3.05) is 11.9 Å². The number of para-hydroxylation sites is 1. The van der Waals surface area contributed by atoms with Crippen molar-refractivity contribution in [3.63, 3.8) is 0 Å². The third kappa shape index (κ3) is 2.38. The summed E-state index contributed by atoms with van der Waals surface area (Å²) in [5.74, 6) is -0.335. The average molecular weight is 311 g/mol. The van der Waals surface area contributed by atoms with Gasteiger partial charge >= 0.3 is 0 Å². The van der Waals surface area contributed by atoms with Crippen molar-refractivity contribution in [3.05, 3.63) is 59.2 Å². The normalized spacial score (nSPS) is 17.5. The minimum Gasteiger partial charge on any atom is -0.312 e. The predicted molar refractivity (Wildman–Crippen MR) is 89.4 cm³/mol. The van der Waals surface area contributed by atoms with Gasteiger partial charge in [-0.25, -0.2) is 4.98 Å². The molecule has 0 saturated heterocycles. The second-order valence-corrected chi connectivity index (χ2v) is 6.11. The fraction of sp³-hybridized carbons (Fsp3) is 0.176. The summed E-state index contributed by atoms with van der Waals surface area (Å²) in [4.78, 5) is 17.1. The molecule has 1 amide bonds. The van der Waals surface area contributed by atoms with Crippen LogP contribution in [0.4, 0.5) is 5.13 Å². The Morgan fingerprint density at radius 2 is 2.18 bits per heavy atom. The maximum absolute atomic E-state index is 12.7. The maximum Gasteiger partial charge on any atom is 0.257 e. The number of carbonyl (C=O) groups excluding carboxylic acids is 1. The Hall–Kier alpha value is -2.24. The SMILES string of the molecule is [2H]C1([2H])NCCc2cccc(C(=O)Nc3nc4ccccc4s3)c21. The molecule has 2 heterocycles. The Kier molecular flexibility index (Phi) is 2.84.